The Kier molecular flexibility index (Phi) is 6.06. The number of hydrogen-bond donors (Lipinski definition) is 0. The van der Waals surface area contributed by atoms with Gasteiger partial charge in [0.15, 0.2) is 0 Å². The van der Waals surface area contributed by atoms with Crippen LogP contribution in [0, 0.1) is 0 Å². The van der Waals surface area contributed by atoms with Crippen molar-refractivity contribution in [2.45, 2.75) is 12.5 Å². The molecule has 2 fully saturated rings. The van der Waals surface area contributed by atoms with Crippen molar-refractivity contribution in [1.82, 2.24) is 14.7 Å². The van der Waals surface area contributed by atoms with Gasteiger partial charge in [0.25, 0.3) is 11.8 Å². The summed E-state index contributed by atoms with van der Waals surface area (Å²) >= 11 is 10.8. The topological polar surface area (TPSA) is 43.9 Å². The summed E-state index contributed by atoms with van der Waals surface area (Å²) in [5.74, 6) is 0.178. The van der Waals surface area contributed by atoms with Gasteiger partial charge in [0.2, 0.25) is 0 Å². The van der Waals surface area contributed by atoms with Gasteiger partial charge in [-0.2, -0.15) is 0 Å². The van der Waals surface area contributed by atoms with E-state index in [1.165, 1.54) is 11.3 Å². The highest BCUT2D eigenvalue weighted by atomic mass is 79.9. The van der Waals surface area contributed by atoms with Crippen LogP contribution in [0.15, 0.2) is 40.2 Å². The maximum atomic E-state index is 12.6. The number of carbonyl (C=O) groups excluding carboxylic acids is 2. The SMILES string of the molecule is O=C(c1ccc(Cl)cc1)N1CCN([C@@H]2CCN(C(=O)c3ccc(Br)s3)C2)CC1. The summed E-state index contributed by atoms with van der Waals surface area (Å²) in [4.78, 5) is 32.4. The molecule has 5 nitrogen and oxygen atoms in total. The van der Waals surface area contributed by atoms with Crippen LogP contribution in [0.3, 0.4) is 0 Å². The molecule has 4 rings (SSSR count). The molecular formula is C20H21BrClN3O2S. The zero-order valence-electron chi connectivity index (χ0n) is 15.3. The van der Waals surface area contributed by atoms with Crippen LogP contribution in [0.4, 0.5) is 0 Å². The van der Waals surface area contributed by atoms with E-state index in [1.807, 2.05) is 21.9 Å². The summed E-state index contributed by atoms with van der Waals surface area (Å²) in [6, 6.07) is 11.2. The molecule has 28 heavy (non-hydrogen) atoms. The van der Waals surface area contributed by atoms with Crippen molar-refractivity contribution in [3.63, 3.8) is 0 Å². The van der Waals surface area contributed by atoms with Crippen molar-refractivity contribution >= 4 is 50.7 Å². The summed E-state index contributed by atoms with van der Waals surface area (Å²) in [7, 11) is 0. The molecule has 0 radical (unpaired) electrons. The average Bonchev–Trinajstić information content (AvgIpc) is 3.37. The van der Waals surface area contributed by atoms with E-state index in [0.29, 0.717) is 29.7 Å². The van der Waals surface area contributed by atoms with Crippen LogP contribution in [-0.4, -0.2) is 71.8 Å². The fourth-order valence-electron chi connectivity index (χ4n) is 3.87. The second kappa shape index (κ2) is 8.53. The highest BCUT2D eigenvalue weighted by Crippen LogP contribution is 2.26. The van der Waals surface area contributed by atoms with Gasteiger partial charge < -0.3 is 9.80 Å². The minimum atomic E-state index is 0.0582. The fourth-order valence-corrected chi connectivity index (χ4v) is 5.35. The van der Waals surface area contributed by atoms with Gasteiger partial charge in [-0.25, -0.2) is 0 Å². The van der Waals surface area contributed by atoms with Crippen molar-refractivity contribution in [2.24, 2.45) is 0 Å². The van der Waals surface area contributed by atoms with E-state index < -0.39 is 0 Å². The molecule has 3 heterocycles. The quantitative estimate of drug-likeness (QED) is 0.668. The summed E-state index contributed by atoms with van der Waals surface area (Å²) in [6.07, 6.45) is 0.989. The third-order valence-electron chi connectivity index (χ3n) is 5.44. The number of nitrogens with zero attached hydrogens (tertiary/aromatic N) is 3. The Morgan fingerprint density at radius 1 is 0.929 bits per heavy atom. The lowest BCUT2D eigenvalue weighted by atomic mass is 10.1. The highest BCUT2D eigenvalue weighted by Gasteiger charge is 2.33. The van der Waals surface area contributed by atoms with Crippen LogP contribution in [0.25, 0.3) is 0 Å². The second-order valence-corrected chi connectivity index (χ2v) is 10.0. The number of carbonyl (C=O) groups is 2. The van der Waals surface area contributed by atoms with E-state index in [-0.39, 0.29) is 11.8 Å². The van der Waals surface area contributed by atoms with E-state index in [4.69, 9.17) is 11.6 Å². The molecule has 0 spiro atoms. The Morgan fingerprint density at radius 3 is 2.29 bits per heavy atom. The van der Waals surface area contributed by atoms with Crippen LogP contribution >= 0.6 is 38.9 Å². The normalized spacial score (nSPS) is 20.6. The third kappa shape index (κ3) is 4.27. The first-order chi connectivity index (χ1) is 13.5. The lowest BCUT2D eigenvalue weighted by Crippen LogP contribution is -2.52. The Bertz CT molecular complexity index is 865. The first-order valence-corrected chi connectivity index (χ1v) is 11.3. The molecule has 2 aliphatic heterocycles. The van der Waals surface area contributed by atoms with Gasteiger partial charge >= 0.3 is 0 Å². The summed E-state index contributed by atoms with van der Waals surface area (Å²) in [6.45, 7) is 4.67. The average molecular weight is 483 g/mol. The number of benzene rings is 1. The molecule has 0 saturated carbocycles. The van der Waals surface area contributed by atoms with E-state index in [1.54, 1.807) is 24.3 Å². The molecule has 0 N–H and O–H groups in total. The first-order valence-electron chi connectivity index (χ1n) is 9.35. The van der Waals surface area contributed by atoms with Gasteiger partial charge in [-0.15, -0.1) is 11.3 Å². The van der Waals surface area contributed by atoms with Crippen LogP contribution in [0.5, 0.6) is 0 Å². The Hall–Kier alpha value is -1.41. The molecule has 2 aliphatic rings. The molecule has 0 aliphatic carbocycles. The molecule has 1 aromatic carbocycles. The molecule has 8 heteroatoms. The maximum Gasteiger partial charge on any atom is 0.264 e. The Morgan fingerprint density at radius 2 is 1.64 bits per heavy atom. The first kappa shape index (κ1) is 19.9. The summed E-state index contributed by atoms with van der Waals surface area (Å²) in [5, 5.41) is 0.636. The Labute approximate surface area is 182 Å². The number of hydrogen-bond acceptors (Lipinski definition) is 4. The lowest BCUT2D eigenvalue weighted by Gasteiger charge is -2.38. The van der Waals surface area contributed by atoms with Crippen LogP contribution < -0.4 is 0 Å². The summed E-state index contributed by atoms with van der Waals surface area (Å²) < 4.78 is 0.980. The van der Waals surface area contributed by atoms with Gasteiger partial charge in [0.05, 0.1) is 8.66 Å². The highest BCUT2D eigenvalue weighted by molar-refractivity contribution is 9.11. The minimum Gasteiger partial charge on any atom is -0.336 e. The van der Waals surface area contributed by atoms with Crippen molar-refractivity contribution in [3.05, 3.63) is 55.6 Å². The summed E-state index contributed by atoms with van der Waals surface area (Å²) in [5.41, 5.74) is 0.678. The molecule has 148 valence electrons. The van der Waals surface area contributed by atoms with Crippen molar-refractivity contribution < 1.29 is 9.59 Å². The van der Waals surface area contributed by atoms with Crippen molar-refractivity contribution in [1.29, 1.82) is 0 Å². The molecular weight excluding hydrogens is 462 g/mol. The monoisotopic (exact) mass is 481 g/mol. The van der Waals surface area contributed by atoms with Crippen LogP contribution in [-0.2, 0) is 0 Å². The van der Waals surface area contributed by atoms with Crippen molar-refractivity contribution in [3.8, 4) is 0 Å². The molecule has 0 unspecified atom stereocenters. The third-order valence-corrected chi connectivity index (χ3v) is 7.31. The van der Waals surface area contributed by atoms with E-state index >= 15 is 0 Å². The largest absolute Gasteiger partial charge is 0.336 e. The molecule has 0 bridgehead atoms. The van der Waals surface area contributed by atoms with Gasteiger partial charge in [-0.05, 0) is 58.7 Å². The molecule has 2 amide bonds. The molecule has 2 saturated heterocycles. The van der Waals surface area contributed by atoms with Crippen molar-refractivity contribution in [2.75, 3.05) is 39.3 Å². The zero-order valence-corrected chi connectivity index (χ0v) is 18.5. The lowest BCUT2D eigenvalue weighted by molar-refractivity contribution is 0.0569. The number of likely N-dealkylation sites (tertiary alicyclic amines) is 1. The number of thiophene rings is 1. The fraction of sp³-hybridized carbons (Fsp3) is 0.400. The number of halogens is 2. The second-order valence-electron chi connectivity index (χ2n) is 7.13. The maximum absolute atomic E-state index is 12.6. The smallest absolute Gasteiger partial charge is 0.264 e. The van der Waals surface area contributed by atoms with Crippen LogP contribution in [0.2, 0.25) is 5.02 Å². The standard InChI is InChI=1S/C20H21BrClN3O2S/c21-18-6-5-17(28-18)20(27)25-8-7-16(13-25)23-9-11-24(12-10-23)19(26)14-1-3-15(22)4-2-14/h1-6,16H,7-13H2/t16-/m1/s1. The molecule has 2 aromatic rings. The van der Waals surface area contributed by atoms with E-state index in [0.717, 1.165) is 41.3 Å². The number of piperazine rings is 1. The van der Waals surface area contributed by atoms with E-state index in [2.05, 4.69) is 20.8 Å². The predicted octanol–water partition coefficient (Wildman–Crippen LogP) is 3.84. The van der Waals surface area contributed by atoms with Gasteiger partial charge in [0.1, 0.15) is 0 Å². The molecule has 1 atom stereocenters. The number of amides is 2. The molecule has 1 aromatic heterocycles. The zero-order chi connectivity index (χ0) is 19.7. The van der Waals surface area contributed by atoms with Gasteiger partial charge in [0, 0.05) is 55.9 Å². The Balaban J connectivity index is 1.30. The van der Waals surface area contributed by atoms with Gasteiger partial charge in [-0.1, -0.05) is 11.6 Å². The van der Waals surface area contributed by atoms with Crippen LogP contribution in [0.1, 0.15) is 26.5 Å². The van der Waals surface area contributed by atoms with Gasteiger partial charge in [-0.3, -0.25) is 14.5 Å². The van der Waals surface area contributed by atoms with E-state index in [9.17, 15) is 9.59 Å². The number of rotatable bonds is 3. The predicted molar refractivity (Wildman–Crippen MR) is 115 cm³/mol. The minimum absolute atomic E-state index is 0.0582.